The predicted molar refractivity (Wildman–Crippen MR) is 391 cm³/mol. The third kappa shape index (κ3) is 69.2. The molecule has 3 N–H and O–H groups in total. The van der Waals surface area contributed by atoms with Crippen molar-refractivity contribution in [3.05, 3.63) is 0 Å². The Bertz CT molecular complexity index is 1890. The summed E-state index contributed by atoms with van der Waals surface area (Å²) in [5, 5.41) is 10.6. The number of ether oxygens (including phenoxy) is 4. The molecule has 0 heterocycles. The number of esters is 4. The molecule has 19 heteroatoms. The molecule has 0 aromatic rings. The molecule has 96 heavy (non-hydrogen) atoms. The van der Waals surface area contributed by atoms with Gasteiger partial charge in [0.25, 0.3) is 0 Å². The van der Waals surface area contributed by atoms with Crippen molar-refractivity contribution in [2.24, 2.45) is 23.7 Å². The van der Waals surface area contributed by atoms with Gasteiger partial charge in [0.1, 0.15) is 19.3 Å². The van der Waals surface area contributed by atoms with Gasteiger partial charge in [-0.2, -0.15) is 0 Å². The van der Waals surface area contributed by atoms with Gasteiger partial charge in [0, 0.05) is 25.7 Å². The third-order valence-corrected chi connectivity index (χ3v) is 20.1. The number of unbranched alkanes of at least 4 members (excludes halogenated alkanes) is 39. The predicted octanol–water partition coefficient (Wildman–Crippen LogP) is 22.4. The minimum absolute atomic E-state index is 0.104. The van der Waals surface area contributed by atoms with Crippen LogP contribution in [0.5, 0.6) is 0 Å². The van der Waals surface area contributed by atoms with Crippen molar-refractivity contribution in [2.45, 2.75) is 408 Å². The molecule has 0 rings (SSSR count). The van der Waals surface area contributed by atoms with Crippen LogP contribution in [0.3, 0.4) is 0 Å². The maximum absolute atomic E-state index is 13.1. The zero-order chi connectivity index (χ0) is 71.0. The fourth-order valence-corrected chi connectivity index (χ4v) is 13.3. The highest BCUT2D eigenvalue weighted by Gasteiger charge is 2.30. The molecule has 6 atom stereocenters. The Morgan fingerprint density at radius 2 is 0.500 bits per heavy atom. The number of aliphatic hydroxyl groups excluding tert-OH is 1. The fraction of sp³-hybridized carbons (Fsp3) is 0.948. The number of phosphoric ester groups is 2. The monoisotopic (exact) mass is 1410 g/mol. The smallest absolute Gasteiger partial charge is 0.462 e. The summed E-state index contributed by atoms with van der Waals surface area (Å²) in [6, 6.07) is 0. The second-order valence-electron chi connectivity index (χ2n) is 29.4. The number of carbonyl (C=O) groups excluding carboxylic acids is 4. The van der Waals surface area contributed by atoms with E-state index in [2.05, 4.69) is 55.4 Å². The molecule has 0 spiro atoms. The van der Waals surface area contributed by atoms with E-state index in [4.69, 9.17) is 37.0 Å². The number of aliphatic hydroxyl groups is 1. The van der Waals surface area contributed by atoms with Crippen LogP contribution in [0.1, 0.15) is 389 Å². The first-order valence-electron chi connectivity index (χ1n) is 39.7. The van der Waals surface area contributed by atoms with Crippen molar-refractivity contribution in [2.75, 3.05) is 39.6 Å². The van der Waals surface area contributed by atoms with Crippen LogP contribution in [0, 0.1) is 23.7 Å². The number of hydrogen-bond donors (Lipinski definition) is 3. The molecule has 17 nitrogen and oxygen atoms in total. The van der Waals surface area contributed by atoms with Gasteiger partial charge in [-0.25, -0.2) is 9.13 Å². The summed E-state index contributed by atoms with van der Waals surface area (Å²) in [5.41, 5.74) is 0. The largest absolute Gasteiger partial charge is 0.472 e. The number of hydrogen-bond acceptors (Lipinski definition) is 15. The average Bonchev–Trinajstić information content (AvgIpc) is 1.22. The van der Waals surface area contributed by atoms with Crippen LogP contribution < -0.4 is 0 Å². The molecule has 0 aliphatic rings. The van der Waals surface area contributed by atoms with E-state index in [0.29, 0.717) is 31.6 Å². The third-order valence-electron chi connectivity index (χ3n) is 18.2. The lowest BCUT2D eigenvalue weighted by atomic mass is 9.99. The lowest BCUT2D eigenvalue weighted by Crippen LogP contribution is -2.30. The van der Waals surface area contributed by atoms with Gasteiger partial charge in [-0.3, -0.25) is 37.3 Å². The van der Waals surface area contributed by atoms with Gasteiger partial charge < -0.3 is 33.8 Å². The summed E-state index contributed by atoms with van der Waals surface area (Å²) >= 11 is 0. The zero-order valence-corrected chi connectivity index (χ0v) is 64.8. The van der Waals surface area contributed by atoms with Crippen molar-refractivity contribution >= 4 is 39.5 Å². The highest BCUT2D eigenvalue weighted by Crippen LogP contribution is 2.45. The van der Waals surface area contributed by atoms with Crippen LogP contribution in [0.15, 0.2) is 0 Å². The van der Waals surface area contributed by atoms with E-state index < -0.39 is 97.5 Å². The van der Waals surface area contributed by atoms with Crippen LogP contribution in [-0.2, 0) is 65.4 Å². The van der Waals surface area contributed by atoms with Crippen molar-refractivity contribution in [1.82, 2.24) is 0 Å². The van der Waals surface area contributed by atoms with E-state index in [0.717, 1.165) is 114 Å². The number of carbonyl (C=O) groups is 4. The molecular formula is C77H150O17P2. The topological polar surface area (TPSA) is 237 Å². The van der Waals surface area contributed by atoms with Gasteiger partial charge in [-0.1, -0.05) is 338 Å². The summed E-state index contributed by atoms with van der Waals surface area (Å²) < 4.78 is 68.5. The SMILES string of the molecule is CCC(C)CCCCCCCCCCC(=O)O[C@H](COC(=O)CCCCCCCCCCCCCC(C)C)COP(=O)(O)OCC(O)COP(=O)(O)OC[C@@H](COC(=O)CCCCCCCCC(C)C)OC(=O)CCCCCCCCCCCCCCCCCCCCC(C)C. The summed E-state index contributed by atoms with van der Waals surface area (Å²) in [5.74, 6) is 0.917. The minimum Gasteiger partial charge on any atom is -0.462 e. The van der Waals surface area contributed by atoms with E-state index in [1.807, 2.05) is 0 Å². The fourth-order valence-electron chi connectivity index (χ4n) is 11.7. The second-order valence-corrected chi connectivity index (χ2v) is 32.3. The molecule has 570 valence electrons. The summed E-state index contributed by atoms with van der Waals surface area (Å²) in [6.07, 6.45) is 51.6. The first-order chi connectivity index (χ1) is 46.1. The van der Waals surface area contributed by atoms with Crippen LogP contribution in [-0.4, -0.2) is 96.7 Å². The number of phosphoric acid groups is 2. The van der Waals surface area contributed by atoms with Gasteiger partial charge in [0.05, 0.1) is 26.4 Å². The lowest BCUT2D eigenvalue weighted by molar-refractivity contribution is -0.161. The molecule has 0 radical (unpaired) electrons. The van der Waals surface area contributed by atoms with Gasteiger partial charge in [0.15, 0.2) is 12.2 Å². The Balaban J connectivity index is 5.18. The second kappa shape index (κ2) is 66.3. The molecule has 4 unspecified atom stereocenters. The standard InChI is InChI=1S/C77H150O17P2/c1-9-70(8)56-48-40-31-27-28-34-44-52-60-77(82)94-72(63-87-74(79)57-49-41-32-25-22-18-20-24-30-38-46-54-68(4)5)65-91-95(83,84)89-61-71(78)62-90-96(85,86)92-66-73(64-88-75(80)58-50-42-36-35-39-47-55-69(6)7)93-76(81)59-51-43-33-26-21-17-15-13-11-10-12-14-16-19-23-29-37-45-53-67(2)3/h67-73,78H,9-66H2,1-8H3,(H,83,84)(H,85,86)/t70?,71?,72-,73-/m1/s1. The molecule has 0 amide bonds. The Hall–Kier alpha value is -1.94. The first kappa shape index (κ1) is 94.1. The van der Waals surface area contributed by atoms with E-state index in [1.165, 1.54) is 186 Å². The van der Waals surface area contributed by atoms with Crippen LogP contribution in [0.25, 0.3) is 0 Å². The highest BCUT2D eigenvalue weighted by molar-refractivity contribution is 7.47. The molecule has 0 aromatic heterocycles. The Morgan fingerprint density at radius 3 is 0.740 bits per heavy atom. The van der Waals surface area contributed by atoms with Crippen molar-refractivity contribution in [3.8, 4) is 0 Å². The van der Waals surface area contributed by atoms with E-state index in [-0.39, 0.29) is 25.7 Å². The van der Waals surface area contributed by atoms with Gasteiger partial charge in [-0.05, 0) is 49.4 Å². The highest BCUT2D eigenvalue weighted by atomic mass is 31.2. The van der Waals surface area contributed by atoms with Crippen molar-refractivity contribution < 1.29 is 80.2 Å². The average molecular weight is 1410 g/mol. The molecule has 0 fully saturated rings. The summed E-state index contributed by atoms with van der Waals surface area (Å²) in [4.78, 5) is 72.8. The number of rotatable bonds is 74. The van der Waals surface area contributed by atoms with E-state index in [1.54, 1.807) is 0 Å². The van der Waals surface area contributed by atoms with Crippen molar-refractivity contribution in [1.29, 1.82) is 0 Å². The van der Waals surface area contributed by atoms with Crippen molar-refractivity contribution in [3.63, 3.8) is 0 Å². The minimum atomic E-state index is -4.96. The molecule has 0 aliphatic heterocycles. The molecule has 0 saturated heterocycles. The molecule has 0 aliphatic carbocycles. The maximum atomic E-state index is 13.1. The molecule has 0 aromatic carbocycles. The normalized spacial score (nSPS) is 14.4. The van der Waals surface area contributed by atoms with Crippen LogP contribution >= 0.6 is 15.6 Å². The van der Waals surface area contributed by atoms with E-state index in [9.17, 15) is 43.2 Å². The Kier molecular flexibility index (Phi) is 65.0. The first-order valence-corrected chi connectivity index (χ1v) is 42.7. The lowest BCUT2D eigenvalue weighted by Gasteiger charge is -2.21. The Labute approximate surface area is 588 Å². The quantitative estimate of drug-likeness (QED) is 0.0222. The van der Waals surface area contributed by atoms with E-state index >= 15 is 0 Å². The zero-order valence-electron chi connectivity index (χ0n) is 63.0. The van der Waals surface area contributed by atoms with Gasteiger partial charge >= 0.3 is 39.5 Å². The summed E-state index contributed by atoms with van der Waals surface area (Å²) in [7, 11) is -9.91. The van der Waals surface area contributed by atoms with Gasteiger partial charge in [-0.15, -0.1) is 0 Å². The summed E-state index contributed by atoms with van der Waals surface area (Å²) in [6.45, 7) is 14.2. The van der Waals surface area contributed by atoms with Crippen LogP contribution in [0.4, 0.5) is 0 Å². The molecule has 0 bridgehead atoms. The maximum Gasteiger partial charge on any atom is 0.472 e. The Morgan fingerprint density at radius 1 is 0.292 bits per heavy atom. The van der Waals surface area contributed by atoms with Gasteiger partial charge in [0.2, 0.25) is 0 Å². The molecular weight excluding hydrogens is 1260 g/mol. The molecule has 0 saturated carbocycles. The van der Waals surface area contributed by atoms with Crippen LogP contribution in [0.2, 0.25) is 0 Å².